The van der Waals surface area contributed by atoms with Gasteiger partial charge in [-0.05, 0) is 58.0 Å². The van der Waals surface area contributed by atoms with Crippen molar-refractivity contribution in [1.82, 2.24) is 0 Å². The van der Waals surface area contributed by atoms with Crippen molar-refractivity contribution in [3.8, 4) is 5.75 Å². The van der Waals surface area contributed by atoms with Gasteiger partial charge in [0.15, 0.2) is 5.60 Å². The fourth-order valence-electron chi connectivity index (χ4n) is 6.22. The fraction of sp³-hybridized carbons (Fsp3) is 0.326. The van der Waals surface area contributed by atoms with E-state index in [1.807, 2.05) is 129 Å². The molecule has 5 aromatic carbocycles. The maximum Gasteiger partial charge on any atom is 0.340 e. The van der Waals surface area contributed by atoms with Gasteiger partial charge >= 0.3 is 5.97 Å². The number of carbonyl (C=O) groups is 1. The normalized spacial score (nSPS) is 17.6. The molecule has 0 radical (unpaired) electrons. The minimum atomic E-state index is -1.29. The summed E-state index contributed by atoms with van der Waals surface area (Å²) in [4.78, 5) is 13.1. The molecular weight excluding hydrogens is 700 g/mol. The number of hydrogen-bond donors (Lipinski definition) is 0. The maximum absolute atomic E-state index is 13.1. The van der Waals surface area contributed by atoms with Crippen molar-refractivity contribution < 1.29 is 33.2 Å². The third-order valence-electron chi connectivity index (χ3n) is 8.83. The Bertz CT molecular complexity index is 1790. The zero-order valence-electron chi connectivity index (χ0n) is 32.0. The lowest BCUT2D eigenvalue weighted by molar-refractivity contribution is -0.217. The lowest BCUT2D eigenvalue weighted by Crippen LogP contribution is -2.53. The summed E-state index contributed by atoms with van der Waals surface area (Å²) in [6.07, 6.45) is 0.857. The zero-order chi connectivity index (χ0) is 38.6. The minimum Gasteiger partial charge on any atom is -0.489 e. The van der Waals surface area contributed by atoms with Crippen LogP contribution < -0.4 is 4.74 Å². The summed E-state index contributed by atoms with van der Waals surface area (Å²) in [6, 6.07) is 44.1. The minimum absolute atomic E-state index is 0.0561. The second kappa shape index (κ2) is 22.7. The summed E-state index contributed by atoms with van der Waals surface area (Å²) in [5, 5.41) is 0.664. The lowest BCUT2D eigenvalue weighted by atomic mass is 9.87. The van der Waals surface area contributed by atoms with Crippen molar-refractivity contribution in [1.29, 1.82) is 0 Å². The molecule has 5 aromatic rings. The second-order valence-electron chi connectivity index (χ2n) is 12.7. The maximum atomic E-state index is 13.1. The van der Waals surface area contributed by atoms with Crippen molar-refractivity contribution in [3.63, 3.8) is 0 Å². The van der Waals surface area contributed by atoms with Gasteiger partial charge in [0.1, 0.15) is 12.4 Å². The Balaban J connectivity index is 0.000000512. The molecular formula is C46H53ClO7. The van der Waals surface area contributed by atoms with Gasteiger partial charge in [-0.2, -0.15) is 0 Å². The van der Waals surface area contributed by atoms with Crippen LogP contribution >= 0.6 is 11.6 Å². The first kappa shape index (κ1) is 42.2. The molecule has 1 saturated heterocycles. The van der Waals surface area contributed by atoms with E-state index in [0.29, 0.717) is 44.1 Å². The van der Waals surface area contributed by atoms with E-state index in [1.165, 1.54) is 12.7 Å². The smallest absolute Gasteiger partial charge is 0.340 e. The Morgan fingerprint density at radius 2 is 1.28 bits per heavy atom. The first-order chi connectivity index (χ1) is 26.4. The lowest BCUT2D eigenvalue weighted by Gasteiger charge is -2.42. The van der Waals surface area contributed by atoms with Gasteiger partial charge in [-0.3, -0.25) is 0 Å². The largest absolute Gasteiger partial charge is 0.489 e. The molecule has 0 N–H and O–H groups in total. The van der Waals surface area contributed by atoms with E-state index >= 15 is 0 Å². The standard InChI is InChI=1S/C36H37ClO6.C8H10O.C2H6/c1-39-25-36(35(38)40-2)22-32(42-24-28-11-7-4-8-12-28)21-34(43-36)29-15-18-33(37)30(20-29)19-26-13-16-31(17-14-26)41-23-27-9-5-3-6-10-27;1-9-7-8-5-3-2-4-6-8;1-2/h3-18,20,32,34H,19,21-25H2,1-2H3;2-6H,7H2,1H3;1-2H3/t32?,34?,36-;;/m1../s1. The van der Waals surface area contributed by atoms with Crippen LogP contribution in [-0.4, -0.2) is 45.6 Å². The van der Waals surface area contributed by atoms with Crippen molar-refractivity contribution >= 4 is 17.6 Å². The fourth-order valence-corrected chi connectivity index (χ4v) is 6.40. The Labute approximate surface area is 326 Å². The van der Waals surface area contributed by atoms with Crippen molar-refractivity contribution in [2.45, 2.75) is 70.7 Å². The van der Waals surface area contributed by atoms with Crippen LogP contribution in [0.2, 0.25) is 5.02 Å². The monoisotopic (exact) mass is 752 g/mol. The Hall–Kier alpha value is -4.50. The van der Waals surface area contributed by atoms with E-state index < -0.39 is 17.7 Å². The molecule has 7 nitrogen and oxygen atoms in total. The summed E-state index contributed by atoms with van der Waals surface area (Å²) >= 11 is 6.67. The molecule has 6 rings (SSSR count). The first-order valence-electron chi connectivity index (χ1n) is 18.4. The van der Waals surface area contributed by atoms with Crippen molar-refractivity contribution in [3.05, 3.63) is 172 Å². The molecule has 3 atom stereocenters. The Morgan fingerprint density at radius 1 is 0.704 bits per heavy atom. The average molecular weight is 753 g/mol. The topological polar surface area (TPSA) is 72.5 Å². The zero-order valence-corrected chi connectivity index (χ0v) is 32.8. The van der Waals surface area contributed by atoms with E-state index in [-0.39, 0.29) is 12.7 Å². The molecule has 1 aliphatic rings. The van der Waals surface area contributed by atoms with Gasteiger partial charge in [-0.1, -0.05) is 141 Å². The van der Waals surface area contributed by atoms with Crippen LogP contribution in [-0.2, 0) is 54.7 Å². The predicted molar refractivity (Wildman–Crippen MR) is 215 cm³/mol. The highest BCUT2D eigenvalue weighted by Crippen LogP contribution is 2.41. The van der Waals surface area contributed by atoms with Crippen molar-refractivity contribution in [2.24, 2.45) is 0 Å². The highest BCUT2D eigenvalue weighted by molar-refractivity contribution is 6.31. The predicted octanol–water partition coefficient (Wildman–Crippen LogP) is 10.4. The number of ether oxygens (including phenoxy) is 6. The van der Waals surface area contributed by atoms with E-state index in [4.69, 9.17) is 40.0 Å². The number of esters is 1. The SMILES string of the molecule is CC.COC[C@@]1(C(=O)OC)CC(OCc2ccccc2)CC(c2ccc(Cl)c(Cc3ccc(OCc4ccccc4)cc3)c2)O1.COCc1ccccc1. The summed E-state index contributed by atoms with van der Waals surface area (Å²) in [5.41, 5.74) is 5.09. The molecule has 0 bridgehead atoms. The van der Waals surface area contributed by atoms with Gasteiger partial charge in [0.05, 0.1) is 39.1 Å². The van der Waals surface area contributed by atoms with Gasteiger partial charge in [0.2, 0.25) is 0 Å². The molecule has 286 valence electrons. The van der Waals surface area contributed by atoms with Crippen LogP contribution in [0.3, 0.4) is 0 Å². The van der Waals surface area contributed by atoms with Gasteiger partial charge in [0, 0.05) is 32.1 Å². The van der Waals surface area contributed by atoms with E-state index in [0.717, 1.165) is 33.6 Å². The van der Waals surface area contributed by atoms with Crippen LogP contribution in [0.4, 0.5) is 0 Å². The number of rotatable bonds is 14. The van der Waals surface area contributed by atoms with Crippen LogP contribution in [0, 0.1) is 0 Å². The van der Waals surface area contributed by atoms with Gasteiger partial charge in [-0.15, -0.1) is 0 Å². The molecule has 8 heteroatoms. The molecule has 0 saturated carbocycles. The molecule has 1 fully saturated rings. The average Bonchev–Trinajstić information content (AvgIpc) is 3.22. The van der Waals surface area contributed by atoms with Gasteiger partial charge < -0.3 is 28.4 Å². The second-order valence-corrected chi connectivity index (χ2v) is 13.2. The number of benzene rings is 5. The van der Waals surface area contributed by atoms with Crippen LogP contribution in [0.25, 0.3) is 0 Å². The molecule has 1 aliphatic heterocycles. The van der Waals surface area contributed by atoms with E-state index in [2.05, 4.69) is 18.2 Å². The Morgan fingerprint density at radius 3 is 1.83 bits per heavy atom. The molecule has 0 aromatic heterocycles. The first-order valence-corrected chi connectivity index (χ1v) is 18.8. The van der Waals surface area contributed by atoms with Crippen molar-refractivity contribution in [2.75, 3.05) is 27.9 Å². The molecule has 2 unspecified atom stereocenters. The van der Waals surface area contributed by atoms with Crippen LogP contribution in [0.1, 0.15) is 66.2 Å². The highest BCUT2D eigenvalue weighted by atomic mass is 35.5. The van der Waals surface area contributed by atoms with Gasteiger partial charge in [-0.25, -0.2) is 4.79 Å². The molecule has 1 heterocycles. The molecule has 0 amide bonds. The summed E-state index contributed by atoms with van der Waals surface area (Å²) in [6.45, 7) is 5.71. The number of methoxy groups -OCH3 is 3. The summed E-state index contributed by atoms with van der Waals surface area (Å²) in [5.74, 6) is 0.331. The molecule has 0 aliphatic carbocycles. The highest BCUT2D eigenvalue weighted by Gasteiger charge is 2.49. The quantitative estimate of drug-likeness (QED) is 0.105. The van der Waals surface area contributed by atoms with E-state index in [9.17, 15) is 4.79 Å². The van der Waals surface area contributed by atoms with Crippen LogP contribution in [0.5, 0.6) is 5.75 Å². The number of hydrogen-bond acceptors (Lipinski definition) is 7. The Kier molecular flexibility index (Phi) is 17.7. The number of carbonyl (C=O) groups excluding carboxylic acids is 1. The van der Waals surface area contributed by atoms with Crippen LogP contribution in [0.15, 0.2) is 133 Å². The summed E-state index contributed by atoms with van der Waals surface area (Å²) in [7, 11) is 4.62. The third kappa shape index (κ3) is 12.8. The third-order valence-corrected chi connectivity index (χ3v) is 9.20. The van der Waals surface area contributed by atoms with E-state index in [1.54, 1.807) is 14.2 Å². The summed E-state index contributed by atoms with van der Waals surface area (Å²) < 4.78 is 34.4. The molecule has 54 heavy (non-hydrogen) atoms. The molecule has 0 spiro atoms. The van der Waals surface area contributed by atoms with Gasteiger partial charge in [0.25, 0.3) is 0 Å². The number of halogens is 1.